The van der Waals surface area contributed by atoms with E-state index in [-0.39, 0.29) is 36.9 Å². The third-order valence-corrected chi connectivity index (χ3v) is 9.63. The fourth-order valence-corrected chi connectivity index (χ4v) is 6.39. The van der Waals surface area contributed by atoms with Gasteiger partial charge in [-0.1, -0.05) is 40.5 Å². The molecule has 0 amide bonds. The normalized spacial score (nSPS) is 21.7. The molecule has 0 aromatic carbocycles. The number of nitrogens with two attached hydrogens (primary N) is 1. The summed E-state index contributed by atoms with van der Waals surface area (Å²) in [7, 11) is -4.65. The molecular weight excluding hydrogens is 707 g/mol. The monoisotopic (exact) mass is 754 g/mol. The molecule has 19 nitrogen and oxygen atoms in total. The van der Waals surface area contributed by atoms with Crippen molar-refractivity contribution in [2.45, 2.75) is 110 Å². The summed E-state index contributed by atoms with van der Waals surface area (Å²) in [5.74, 6) is -2.11. The first-order valence-electron chi connectivity index (χ1n) is 16.9. The number of nitriles is 1. The third-order valence-electron chi connectivity index (χ3n) is 8.00. The Morgan fingerprint density at radius 2 is 1.73 bits per heavy atom. The van der Waals surface area contributed by atoms with E-state index in [1.165, 1.54) is 37.4 Å². The van der Waals surface area contributed by atoms with E-state index >= 15 is 0 Å². The number of hydrogen-bond donors (Lipinski definition) is 2. The van der Waals surface area contributed by atoms with Crippen LogP contribution in [0.1, 0.15) is 79.8 Å². The number of ether oxygens (including phenoxy) is 6. The summed E-state index contributed by atoms with van der Waals surface area (Å²) in [5, 5.41) is 17.4. The van der Waals surface area contributed by atoms with Crippen molar-refractivity contribution in [3.63, 3.8) is 0 Å². The van der Waals surface area contributed by atoms with Crippen LogP contribution in [0, 0.1) is 17.2 Å². The Bertz CT molecular complexity index is 1640. The van der Waals surface area contributed by atoms with E-state index in [4.69, 9.17) is 43.2 Å². The minimum Gasteiger partial charge on any atom is -0.464 e. The van der Waals surface area contributed by atoms with Gasteiger partial charge < -0.3 is 34.2 Å². The minimum absolute atomic E-state index is 0.0384. The second-order valence-corrected chi connectivity index (χ2v) is 13.8. The number of esters is 3. The first kappa shape index (κ1) is 42.1. The maximum absolute atomic E-state index is 14.2. The molecule has 1 saturated heterocycles. The van der Waals surface area contributed by atoms with E-state index in [9.17, 15) is 29.0 Å². The predicted molar refractivity (Wildman–Crippen MR) is 180 cm³/mol. The van der Waals surface area contributed by atoms with Crippen LogP contribution in [0.4, 0.5) is 10.6 Å². The molecular formula is C32H47N6O13P. The van der Waals surface area contributed by atoms with E-state index < -0.39 is 81.3 Å². The number of nitrogens with one attached hydrogen (secondary N) is 1. The number of nitrogen functional groups attached to an aromatic ring is 1. The van der Waals surface area contributed by atoms with Crippen LogP contribution in [0.2, 0.25) is 0 Å². The largest absolute Gasteiger partial charge is 0.510 e. The Morgan fingerprint density at radius 1 is 1.06 bits per heavy atom. The fourth-order valence-electron chi connectivity index (χ4n) is 5.06. The molecule has 0 spiro atoms. The highest BCUT2D eigenvalue weighted by molar-refractivity contribution is 7.51. The number of carbonyl (C=O) groups excluding carboxylic acids is 4. The average molecular weight is 755 g/mol. The summed E-state index contributed by atoms with van der Waals surface area (Å²) in [4.78, 5) is 54.3. The lowest BCUT2D eigenvalue weighted by molar-refractivity contribution is -0.169. The lowest BCUT2D eigenvalue weighted by Crippen LogP contribution is -2.46. The first-order chi connectivity index (χ1) is 24.7. The number of carbonyl (C=O) groups is 4. The fraction of sp³-hybridized carbons (Fsp3) is 0.656. The number of rotatable bonds is 19. The van der Waals surface area contributed by atoms with Gasteiger partial charge in [0.2, 0.25) is 12.4 Å². The second-order valence-electron chi connectivity index (χ2n) is 12.0. The summed E-state index contributed by atoms with van der Waals surface area (Å²) in [5.41, 5.74) is 4.16. The van der Waals surface area contributed by atoms with Gasteiger partial charge in [-0.25, -0.2) is 23.9 Å². The van der Waals surface area contributed by atoms with Crippen LogP contribution in [0.5, 0.6) is 0 Å². The van der Waals surface area contributed by atoms with Gasteiger partial charge in [-0.15, -0.1) is 0 Å². The van der Waals surface area contributed by atoms with Crippen molar-refractivity contribution in [2.75, 3.05) is 25.7 Å². The average Bonchev–Trinajstić information content (AvgIpc) is 3.67. The van der Waals surface area contributed by atoms with Crippen molar-refractivity contribution in [1.82, 2.24) is 19.7 Å². The molecule has 0 bridgehead atoms. The van der Waals surface area contributed by atoms with Crippen LogP contribution in [0.3, 0.4) is 0 Å². The molecule has 0 aliphatic carbocycles. The van der Waals surface area contributed by atoms with Gasteiger partial charge in [0.25, 0.3) is 0 Å². The molecule has 2 aromatic rings. The lowest BCUT2D eigenvalue weighted by atomic mass is 9.92. The van der Waals surface area contributed by atoms with Gasteiger partial charge in [0.15, 0.2) is 18.0 Å². The topological polar surface area (TPSA) is 251 Å². The third kappa shape index (κ3) is 10.4. The van der Waals surface area contributed by atoms with Crippen LogP contribution < -0.4 is 10.8 Å². The lowest BCUT2D eigenvalue weighted by Gasteiger charge is -2.28. The molecule has 1 fully saturated rings. The molecule has 1 aliphatic heterocycles. The number of aromatic nitrogens is 3. The van der Waals surface area contributed by atoms with Crippen molar-refractivity contribution >= 4 is 43.1 Å². The molecule has 2 aromatic heterocycles. The smallest absolute Gasteiger partial charge is 0.464 e. The molecule has 0 saturated carbocycles. The maximum Gasteiger partial charge on any atom is 0.510 e. The van der Waals surface area contributed by atoms with Gasteiger partial charge in [-0.05, 0) is 38.8 Å². The highest BCUT2D eigenvalue weighted by Crippen LogP contribution is 2.48. The van der Waals surface area contributed by atoms with E-state index in [0.29, 0.717) is 5.52 Å². The number of nitrogens with zero attached hydrogens (tertiary/aromatic N) is 4. The maximum atomic E-state index is 14.2. The first-order valence-corrected chi connectivity index (χ1v) is 18.4. The van der Waals surface area contributed by atoms with Gasteiger partial charge in [0.05, 0.1) is 25.0 Å². The number of fused-ring (bicyclic) bond motifs is 1. The van der Waals surface area contributed by atoms with Crippen molar-refractivity contribution in [1.29, 1.82) is 5.26 Å². The van der Waals surface area contributed by atoms with Crippen LogP contribution in [0.15, 0.2) is 18.5 Å². The Kier molecular flexibility index (Phi) is 15.3. The van der Waals surface area contributed by atoms with E-state index in [2.05, 4.69) is 15.2 Å². The molecule has 3 N–H and O–H groups in total. The zero-order valence-corrected chi connectivity index (χ0v) is 31.2. The van der Waals surface area contributed by atoms with Crippen LogP contribution >= 0.6 is 7.75 Å². The van der Waals surface area contributed by atoms with Crippen LogP contribution in [0.25, 0.3) is 5.52 Å². The molecule has 0 unspecified atom stereocenters. The molecule has 3 heterocycles. The zero-order chi connectivity index (χ0) is 38.6. The Balaban J connectivity index is 2.00. The zero-order valence-electron chi connectivity index (χ0n) is 30.3. The van der Waals surface area contributed by atoms with E-state index in [0.717, 1.165) is 19.2 Å². The van der Waals surface area contributed by atoms with Gasteiger partial charge in [-0.2, -0.15) is 10.4 Å². The SMILES string of the molecule is CCC(=O)O[C@H]1[C@@H](OC(=O)CC)[C@](C#N)(c2ccc3c(N)ncnn23)O[C@@H]1CO[P@](=O)(N[C@@H](C)C(=O)OCC(CC)CC)OCOC(=O)OC(C)C. The quantitative estimate of drug-likeness (QED) is 0.0897. The van der Waals surface area contributed by atoms with Crippen molar-refractivity contribution in [3.8, 4) is 6.07 Å². The van der Waals surface area contributed by atoms with E-state index in [1.807, 2.05) is 19.9 Å². The molecule has 288 valence electrons. The molecule has 1 aliphatic rings. The summed E-state index contributed by atoms with van der Waals surface area (Å²) < 4.78 is 59.3. The Hall–Kier alpha value is -4.34. The van der Waals surface area contributed by atoms with Crippen LogP contribution in [-0.4, -0.2) is 89.1 Å². The molecule has 6 atom stereocenters. The Morgan fingerprint density at radius 3 is 2.35 bits per heavy atom. The van der Waals surface area contributed by atoms with Crippen molar-refractivity contribution in [2.24, 2.45) is 5.92 Å². The summed E-state index contributed by atoms with van der Waals surface area (Å²) in [6, 6.07) is 3.75. The van der Waals surface area contributed by atoms with Crippen LogP contribution in [-0.2, 0) is 62.0 Å². The number of hydrogen-bond acceptors (Lipinski definition) is 17. The molecule has 3 rings (SSSR count). The van der Waals surface area contributed by atoms with Gasteiger partial charge in [0.1, 0.15) is 30.1 Å². The molecule has 20 heteroatoms. The number of anilines is 1. The van der Waals surface area contributed by atoms with Gasteiger partial charge in [0, 0.05) is 12.8 Å². The predicted octanol–water partition coefficient (Wildman–Crippen LogP) is 3.69. The standard InChI is InChI=1S/C32H47N6O13P/c1-8-21(9-2)14-44-30(41)20(7)37-52(43,47-18-45-31(42)48-19(5)6)46-15-23-27(49-25(39)10-3)28(50-26(40)11-4)32(16-33,51-23)24-13-12-22-29(34)35-17-36-38(22)24/h12-13,17,19-21,23,27-28H,8-11,14-15,18H2,1-7H3,(H,37,43)(H2,34,35,36)/t20-,23+,27+,28+,32-,52+/m0/s1. The second kappa shape index (κ2) is 18.9. The van der Waals surface area contributed by atoms with Crippen molar-refractivity contribution < 1.29 is 61.2 Å². The highest BCUT2D eigenvalue weighted by Gasteiger charge is 2.62. The van der Waals surface area contributed by atoms with Crippen molar-refractivity contribution in [3.05, 3.63) is 24.2 Å². The summed E-state index contributed by atoms with van der Waals surface area (Å²) in [6.45, 7) is 9.91. The summed E-state index contributed by atoms with van der Waals surface area (Å²) in [6.07, 6.45) is -3.79. The Labute approximate surface area is 301 Å². The molecule has 0 radical (unpaired) electrons. The van der Waals surface area contributed by atoms with E-state index in [1.54, 1.807) is 13.8 Å². The summed E-state index contributed by atoms with van der Waals surface area (Å²) >= 11 is 0. The minimum atomic E-state index is -4.65. The van der Waals surface area contributed by atoms with Gasteiger partial charge >= 0.3 is 31.8 Å². The highest BCUT2D eigenvalue weighted by atomic mass is 31.2. The van der Waals surface area contributed by atoms with Gasteiger partial charge in [-0.3, -0.25) is 23.4 Å². The molecule has 52 heavy (non-hydrogen) atoms.